The van der Waals surface area contributed by atoms with E-state index in [0.717, 1.165) is 26.0 Å². The molecule has 0 aromatic carbocycles. The molecule has 0 radical (unpaired) electrons. The fourth-order valence-corrected chi connectivity index (χ4v) is 0.877. The van der Waals surface area contributed by atoms with Gasteiger partial charge in [-0.2, -0.15) is 0 Å². The summed E-state index contributed by atoms with van der Waals surface area (Å²) < 4.78 is 5.64. The Morgan fingerprint density at radius 3 is 2.15 bits per heavy atom. The lowest BCUT2D eigenvalue weighted by molar-refractivity contribution is -0.0222. The SMILES string of the molecule is CC.CCCOC(C)(C)CCNC. The summed E-state index contributed by atoms with van der Waals surface area (Å²) in [5, 5.41) is 3.12. The zero-order chi connectivity index (χ0) is 10.7. The average Bonchev–Trinajstić information content (AvgIpc) is 2.15. The van der Waals surface area contributed by atoms with Crippen molar-refractivity contribution in [2.75, 3.05) is 20.2 Å². The Morgan fingerprint density at radius 2 is 1.77 bits per heavy atom. The molecule has 0 aliphatic carbocycles. The van der Waals surface area contributed by atoms with Crippen LogP contribution in [0.25, 0.3) is 0 Å². The van der Waals surface area contributed by atoms with E-state index in [1.807, 2.05) is 20.9 Å². The molecule has 0 unspecified atom stereocenters. The summed E-state index contributed by atoms with van der Waals surface area (Å²) in [7, 11) is 1.97. The first-order chi connectivity index (χ1) is 6.12. The van der Waals surface area contributed by atoms with Crippen molar-refractivity contribution in [3.63, 3.8) is 0 Å². The lowest BCUT2D eigenvalue weighted by Gasteiger charge is -2.24. The van der Waals surface area contributed by atoms with E-state index < -0.39 is 0 Å². The van der Waals surface area contributed by atoms with Gasteiger partial charge >= 0.3 is 0 Å². The maximum atomic E-state index is 5.64. The van der Waals surface area contributed by atoms with E-state index in [0.29, 0.717) is 0 Å². The maximum Gasteiger partial charge on any atom is 0.0638 e. The van der Waals surface area contributed by atoms with Crippen LogP contribution in [0, 0.1) is 0 Å². The minimum Gasteiger partial charge on any atom is -0.376 e. The van der Waals surface area contributed by atoms with Crippen molar-refractivity contribution < 1.29 is 4.74 Å². The molecule has 0 spiro atoms. The standard InChI is InChI=1S/C9H21NO.C2H6/c1-5-8-11-9(2,3)6-7-10-4;1-2/h10H,5-8H2,1-4H3;1-2H3. The molecular weight excluding hydrogens is 162 g/mol. The van der Waals surface area contributed by atoms with Gasteiger partial charge in [-0.3, -0.25) is 0 Å². The molecule has 0 heterocycles. The Balaban J connectivity index is 0. The zero-order valence-electron chi connectivity index (χ0n) is 10.2. The van der Waals surface area contributed by atoms with Gasteiger partial charge in [0.2, 0.25) is 0 Å². The quantitative estimate of drug-likeness (QED) is 0.693. The van der Waals surface area contributed by atoms with Crippen LogP contribution in [0.5, 0.6) is 0 Å². The van der Waals surface area contributed by atoms with Gasteiger partial charge in [-0.25, -0.2) is 0 Å². The summed E-state index contributed by atoms with van der Waals surface area (Å²) >= 11 is 0. The summed E-state index contributed by atoms with van der Waals surface area (Å²) in [4.78, 5) is 0. The van der Waals surface area contributed by atoms with Gasteiger partial charge in [0.05, 0.1) is 5.60 Å². The molecule has 0 aliphatic rings. The molecule has 0 saturated heterocycles. The minimum atomic E-state index is 0.0407. The molecule has 0 saturated carbocycles. The van der Waals surface area contributed by atoms with E-state index in [2.05, 4.69) is 26.1 Å². The van der Waals surface area contributed by atoms with Gasteiger partial charge in [-0.05, 0) is 40.3 Å². The number of hydrogen-bond donors (Lipinski definition) is 1. The maximum absolute atomic E-state index is 5.64. The monoisotopic (exact) mass is 189 g/mol. The molecule has 0 bridgehead atoms. The number of rotatable bonds is 6. The molecule has 0 aromatic rings. The van der Waals surface area contributed by atoms with Crippen molar-refractivity contribution in [3.8, 4) is 0 Å². The van der Waals surface area contributed by atoms with Gasteiger partial charge < -0.3 is 10.1 Å². The predicted molar refractivity (Wildman–Crippen MR) is 60.2 cm³/mol. The van der Waals surface area contributed by atoms with E-state index in [9.17, 15) is 0 Å². The smallest absolute Gasteiger partial charge is 0.0638 e. The van der Waals surface area contributed by atoms with Gasteiger partial charge in [-0.15, -0.1) is 0 Å². The van der Waals surface area contributed by atoms with Crippen LogP contribution in [0.2, 0.25) is 0 Å². The Bertz CT molecular complexity index is 82.1. The number of ether oxygens (including phenoxy) is 1. The lowest BCUT2D eigenvalue weighted by atomic mass is 10.1. The second-order valence-electron chi connectivity index (χ2n) is 3.46. The molecule has 2 heteroatoms. The van der Waals surface area contributed by atoms with Crippen LogP contribution in [0.3, 0.4) is 0 Å². The first-order valence-electron chi connectivity index (χ1n) is 5.41. The summed E-state index contributed by atoms with van der Waals surface area (Å²) in [6, 6.07) is 0. The van der Waals surface area contributed by atoms with Crippen LogP contribution in [0.15, 0.2) is 0 Å². The molecule has 0 aliphatic heterocycles. The van der Waals surface area contributed by atoms with Crippen LogP contribution in [0.4, 0.5) is 0 Å². The van der Waals surface area contributed by atoms with Crippen LogP contribution >= 0.6 is 0 Å². The molecule has 2 nitrogen and oxygen atoms in total. The molecule has 0 atom stereocenters. The second-order valence-corrected chi connectivity index (χ2v) is 3.46. The van der Waals surface area contributed by atoms with Gasteiger partial charge in [0.25, 0.3) is 0 Å². The largest absolute Gasteiger partial charge is 0.376 e. The first kappa shape index (κ1) is 15.4. The third-order valence-electron chi connectivity index (χ3n) is 1.67. The van der Waals surface area contributed by atoms with Crippen molar-refractivity contribution in [1.29, 1.82) is 0 Å². The van der Waals surface area contributed by atoms with E-state index in [-0.39, 0.29) is 5.60 Å². The highest BCUT2D eigenvalue weighted by molar-refractivity contribution is 4.68. The van der Waals surface area contributed by atoms with Crippen molar-refractivity contribution in [1.82, 2.24) is 5.32 Å². The van der Waals surface area contributed by atoms with Crippen molar-refractivity contribution >= 4 is 0 Å². The van der Waals surface area contributed by atoms with Crippen molar-refractivity contribution in [2.45, 2.75) is 53.1 Å². The molecule has 0 rings (SSSR count). The Labute approximate surface area is 84.1 Å². The molecule has 0 amide bonds. The van der Waals surface area contributed by atoms with E-state index in [1.165, 1.54) is 0 Å². The van der Waals surface area contributed by atoms with Crippen LogP contribution in [-0.4, -0.2) is 25.8 Å². The fourth-order valence-electron chi connectivity index (χ4n) is 0.877. The van der Waals surface area contributed by atoms with Gasteiger partial charge in [0.1, 0.15) is 0 Å². The summed E-state index contributed by atoms with van der Waals surface area (Å²) in [5.74, 6) is 0. The third-order valence-corrected chi connectivity index (χ3v) is 1.67. The second kappa shape index (κ2) is 10.0. The van der Waals surface area contributed by atoms with Crippen LogP contribution < -0.4 is 5.32 Å². The Kier molecular flexibility index (Phi) is 11.8. The minimum absolute atomic E-state index is 0.0407. The van der Waals surface area contributed by atoms with Gasteiger partial charge in [0.15, 0.2) is 0 Å². The highest BCUT2D eigenvalue weighted by Crippen LogP contribution is 2.13. The van der Waals surface area contributed by atoms with Crippen molar-refractivity contribution in [3.05, 3.63) is 0 Å². The van der Waals surface area contributed by atoms with Crippen LogP contribution in [0.1, 0.15) is 47.5 Å². The lowest BCUT2D eigenvalue weighted by Crippen LogP contribution is -2.29. The van der Waals surface area contributed by atoms with E-state index in [4.69, 9.17) is 4.74 Å². The Hall–Kier alpha value is -0.0800. The van der Waals surface area contributed by atoms with Crippen LogP contribution in [-0.2, 0) is 4.74 Å². The van der Waals surface area contributed by atoms with E-state index >= 15 is 0 Å². The predicted octanol–water partition coefficient (Wildman–Crippen LogP) is 2.83. The molecule has 13 heavy (non-hydrogen) atoms. The Morgan fingerprint density at radius 1 is 1.23 bits per heavy atom. The van der Waals surface area contributed by atoms with Gasteiger partial charge in [-0.1, -0.05) is 20.8 Å². The highest BCUT2D eigenvalue weighted by atomic mass is 16.5. The molecule has 0 fully saturated rings. The summed E-state index contributed by atoms with van der Waals surface area (Å²) in [5.41, 5.74) is 0.0407. The first-order valence-corrected chi connectivity index (χ1v) is 5.41. The zero-order valence-corrected chi connectivity index (χ0v) is 10.2. The number of hydrogen-bond acceptors (Lipinski definition) is 2. The molecule has 82 valence electrons. The molecular formula is C11H27NO. The van der Waals surface area contributed by atoms with Gasteiger partial charge in [0, 0.05) is 6.61 Å². The van der Waals surface area contributed by atoms with Crippen molar-refractivity contribution in [2.24, 2.45) is 0 Å². The topological polar surface area (TPSA) is 21.3 Å². The third kappa shape index (κ3) is 11.9. The highest BCUT2D eigenvalue weighted by Gasteiger charge is 2.16. The van der Waals surface area contributed by atoms with E-state index in [1.54, 1.807) is 0 Å². The summed E-state index contributed by atoms with van der Waals surface area (Å²) in [6.45, 7) is 12.3. The average molecular weight is 189 g/mol. The number of nitrogens with one attached hydrogen (secondary N) is 1. The molecule has 0 aromatic heterocycles. The normalized spacial score (nSPS) is 10.6. The summed E-state index contributed by atoms with van der Waals surface area (Å²) in [6.07, 6.45) is 2.17. The molecule has 1 N–H and O–H groups in total. The fraction of sp³-hybridized carbons (Fsp3) is 1.00.